The molecule has 6 heteroatoms. The van der Waals surface area contributed by atoms with Gasteiger partial charge in [0, 0.05) is 5.56 Å². The summed E-state index contributed by atoms with van der Waals surface area (Å²) in [6.45, 7) is -0.168. The van der Waals surface area contributed by atoms with Crippen molar-refractivity contribution < 1.29 is 28.9 Å². The summed E-state index contributed by atoms with van der Waals surface area (Å²) in [4.78, 5) is 24.1. The fourth-order valence-corrected chi connectivity index (χ4v) is 2.65. The van der Waals surface area contributed by atoms with Crippen LogP contribution in [0.4, 0.5) is 0 Å². The predicted octanol–water partition coefficient (Wildman–Crippen LogP) is 3.46. The molecule has 1 N–H and O–H groups in total. The van der Waals surface area contributed by atoms with Crippen LogP contribution in [0, 0.1) is 0 Å². The number of hydrogen-bond acceptors (Lipinski definition) is 6. The van der Waals surface area contributed by atoms with E-state index in [1.807, 2.05) is 0 Å². The highest BCUT2D eigenvalue weighted by Gasteiger charge is 2.06. The number of carbonyl (C=O) groups is 2. The number of rotatable bonds is 10. The highest BCUT2D eigenvalue weighted by atomic mass is 16.5. The van der Waals surface area contributed by atoms with Crippen LogP contribution in [0.25, 0.3) is 12.2 Å². The number of methoxy groups -OCH3 is 3. The third kappa shape index (κ3) is 6.33. The largest absolute Gasteiger partial charge is 0.496 e. The Morgan fingerprint density at radius 1 is 0.793 bits per heavy atom. The molecule has 0 radical (unpaired) electrons. The summed E-state index contributed by atoms with van der Waals surface area (Å²) in [7, 11) is 4.61. The maximum absolute atomic E-state index is 12.1. The first-order valence-corrected chi connectivity index (χ1v) is 8.92. The summed E-state index contributed by atoms with van der Waals surface area (Å²) in [6.07, 6.45) is 5.71. The molecule has 0 aliphatic carbocycles. The van der Waals surface area contributed by atoms with E-state index in [-0.39, 0.29) is 24.6 Å². The lowest BCUT2D eigenvalue weighted by atomic mass is 10.1. The van der Waals surface area contributed by atoms with Gasteiger partial charge in [-0.1, -0.05) is 24.3 Å². The van der Waals surface area contributed by atoms with Gasteiger partial charge in [-0.3, -0.25) is 9.59 Å². The third-order valence-corrected chi connectivity index (χ3v) is 4.15. The van der Waals surface area contributed by atoms with Crippen molar-refractivity contribution in [1.82, 2.24) is 0 Å². The molecule has 0 spiro atoms. The maximum atomic E-state index is 12.1. The van der Waals surface area contributed by atoms with Crippen molar-refractivity contribution in [3.05, 3.63) is 65.2 Å². The highest BCUT2D eigenvalue weighted by Crippen LogP contribution is 2.28. The van der Waals surface area contributed by atoms with E-state index in [1.54, 1.807) is 55.7 Å². The quantitative estimate of drug-likeness (QED) is 0.489. The molecule has 0 aliphatic heterocycles. The number of aliphatic hydroxyl groups excluding tert-OH is 1. The molecule has 2 aromatic carbocycles. The molecule has 0 unspecified atom stereocenters. The Balaban J connectivity index is 1.97. The molecule has 29 heavy (non-hydrogen) atoms. The minimum atomic E-state index is -0.312. The fourth-order valence-electron chi connectivity index (χ4n) is 2.65. The van der Waals surface area contributed by atoms with Crippen molar-refractivity contribution in [3.63, 3.8) is 0 Å². The molecule has 152 valence electrons. The van der Waals surface area contributed by atoms with Crippen LogP contribution < -0.4 is 14.2 Å². The minimum absolute atomic E-state index is 0.168. The molecule has 0 amide bonds. The highest BCUT2D eigenvalue weighted by molar-refractivity contribution is 6.10. The monoisotopic (exact) mass is 396 g/mol. The van der Waals surface area contributed by atoms with E-state index >= 15 is 0 Å². The minimum Gasteiger partial charge on any atom is -0.496 e. The Kier molecular flexibility index (Phi) is 8.18. The van der Waals surface area contributed by atoms with E-state index in [4.69, 9.17) is 14.2 Å². The summed E-state index contributed by atoms with van der Waals surface area (Å²) < 4.78 is 15.5. The van der Waals surface area contributed by atoms with Crippen molar-refractivity contribution in [3.8, 4) is 17.2 Å². The Labute approximate surface area is 170 Å². The smallest absolute Gasteiger partial charge is 0.163 e. The van der Waals surface area contributed by atoms with Crippen molar-refractivity contribution in [2.75, 3.05) is 21.3 Å². The Morgan fingerprint density at radius 3 is 1.83 bits per heavy atom. The first-order valence-electron chi connectivity index (χ1n) is 8.92. The van der Waals surface area contributed by atoms with Gasteiger partial charge in [-0.05, 0) is 47.5 Å². The number of allylic oxidation sites excluding steroid dienone is 2. The van der Waals surface area contributed by atoms with Crippen LogP contribution in [0.5, 0.6) is 17.2 Å². The molecule has 2 rings (SSSR count). The Bertz CT molecular complexity index is 851. The lowest BCUT2D eigenvalue weighted by molar-refractivity contribution is -0.121. The topological polar surface area (TPSA) is 82.1 Å². The van der Waals surface area contributed by atoms with Crippen LogP contribution in [0.2, 0.25) is 0 Å². The van der Waals surface area contributed by atoms with Crippen LogP contribution in [-0.4, -0.2) is 38.0 Å². The number of carbonyl (C=O) groups excluding carboxylic acids is 2. The molecule has 0 atom stereocenters. The van der Waals surface area contributed by atoms with Crippen LogP contribution in [0.3, 0.4) is 0 Å². The molecule has 0 bridgehead atoms. The number of aliphatic hydroxyl groups is 1. The second-order valence-electron chi connectivity index (χ2n) is 6.12. The van der Waals surface area contributed by atoms with Gasteiger partial charge in [0.05, 0.1) is 34.4 Å². The SMILES string of the molecule is COc1ccc(C=CC(=O)CC(=O)C=Cc2ccc(OC)c(OC)c2)cc1CO. The summed E-state index contributed by atoms with van der Waals surface area (Å²) in [6, 6.07) is 10.5. The van der Waals surface area contributed by atoms with E-state index in [0.29, 0.717) is 22.8 Å². The van der Waals surface area contributed by atoms with Crippen LogP contribution >= 0.6 is 0 Å². The van der Waals surface area contributed by atoms with E-state index in [1.165, 1.54) is 26.4 Å². The predicted molar refractivity (Wildman–Crippen MR) is 111 cm³/mol. The molecule has 0 heterocycles. The molecule has 0 saturated carbocycles. The van der Waals surface area contributed by atoms with Crippen molar-refractivity contribution >= 4 is 23.7 Å². The third-order valence-electron chi connectivity index (χ3n) is 4.15. The number of benzene rings is 2. The van der Waals surface area contributed by atoms with Gasteiger partial charge in [0.25, 0.3) is 0 Å². The van der Waals surface area contributed by atoms with Crippen molar-refractivity contribution in [2.45, 2.75) is 13.0 Å². The molecule has 0 aliphatic rings. The molecule has 0 aromatic heterocycles. The van der Waals surface area contributed by atoms with E-state index in [0.717, 1.165) is 11.1 Å². The Hall–Kier alpha value is -3.38. The van der Waals surface area contributed by atoms with Gasteiger partial charge in [0.1, 0.15) is 5.75 Å². The summed E-state index contributed by atoms with van der Waals surface area (Å²) in [5, 5.41) is 9.35. The van der Waals surface area contributed by atoms with Gasteiger partial charge in [-0.15, -0.1) is 0 Å². The summed E-state index contributed by atoms with van der Waals surface area (Å²) in [5.41, 5.74) is 2.11. The van der Waals surface area contributed by atoms with Crippen molar-refractivity contribution in [2.24, 2.45) is 0 Å². The molecule has 0 fully saturated rings. The van der Waals surface area contributed by atoms with E-state index in [9.17, 15) is 14.7 Å². The number of ether oxygens (including phenoxy) is 3. The lowest BCUT2D eigenvalue weighted by Gasteiger charge is -2.07. The zero-order chi connectivity index (χ0) is 21.2. The van der Waals surface area contributed by atoms with Crippen LogP contribution in [0.15, 0.2) is 48.6 Å². The number of hydrogen-bond donors (Lipinski definition) is 1. The normalized spacial score (nSPS) is 11.0. The van der Waals surface area contributed by atoms with Gasteiger partial charge in [0.15, 0.2) is 23.1 Å². The Morgan fingerprint density at radius 2 is 1.31 bits per heavy atom. The number of ketones is 2. The van der Waals surface area contributed by atoms with Gasteiger partial charge in [-0.25, -0.2) is 0 Å². The zero-order valence-corrected chi connectivity index (χ0v) is 16.7. The second-order valence-corrected chi connectivity index (χ2v) is 6.12. The van der Waals surface area contributed by atoms with Crippen molar-refractivity contribution in [1.29, 1.82) is 0 Å². The first-order chi connectivity index (χ1) is 14.0. The zero-order valence-electron chi connectivity index (χ0n) is 16.7. The van der Waals surface area contributed by atoms with Gasteiger partial charge in [-0.2, -0.15) is 0 Å². The standard InChI is InChI=1S/C23H24O6/c1-27-21-10-6-16(12-18(21)15-24)4-8-19(25)14-20(26)9-5-17-7-11-22(28-2)23(13-17)29-3/h4-13,24H,14-15H2,1-3H3. The first kappa shape index (κ1) is 21.9. The van der Waals surface area contributed by atoms with Gasteiger partial charge in [0.2, 0.25) is 0 Å². The summed E-state index contributed by atoms with van der Waals surface area (Å²) in [5.74, 6) is 1.11. The lowest BCUT2D eigenvalue weighted by Crippen LogP contribution is -2.02. The average Bonchev–Trinajstić information content (AvgIpc) is 2.75. The van der Waals surface area contributed by atoms with Gasteiger partial charge < -0.3 is 19.3 Å². The molecule has 6 nitrogen and oxygen atoms in total. The molecular weight excluding hydrogens is 372 g/mol. The molecule has 2 aromatic rings. The van der Waals surface area contributed by atoms with Crippen LogP contribution in [-0.2, 0) is 16.2 Å². The molecule has 0 saturated heterocycles. The maximum Gasteiger partial charge on any atom is 0.163 e. The van der Waals surface area contributed by atoms with E-state index < -0.39 is 0 Å². The molecular formula is C23H24O6. The van der Waals surface area contributed by atoms with Gasteiger partial charge >= 0.3 is 0 Å². The summed E-state index contributed by atoms with van der Waals surface area (Å²) >= 11 is 0. The van der Waals surface area contributed by atoms with Crippen LogP contribution in [0.1, 0.15) is 23.1 Å². The second kappa shape index (κ2) is 10.8. The average molecular weight is 396 g/mol. The fraction of sp³-hybridized carbons (Fsp3) is 0.217. The van der Waals surface area contributed by atoms with E-state index in [2.05, 4.69) is 0 Å².